The SMILES string of the molecule is COCc1c(C(=O)OC)c(-c2ccc3c(c2)OCO3)c2cc(OC)c(OC)cc2c1OC1CC2OC(C)(C)OC2O1. The number of rotatable bonds is 8. The highest BCUT2D eigenvalue weighted by Gasteiger charge is 2.49. The molecule has 218 valence electrons. The second kappa shape index (κ2) is 10.6. The monoisotopic (exact) mass is 568 g/mol. The van der Waals surface area contributed by atoms with Crippen molar-refractivity contribution in [2.24, 2.45) is 0 Å². The molecule has 0 N–H and O–H groups in total. The minimum absolute atomic E-state index is 0.0429. The Morgan fingerprint density at radius 2 is 1.68 bits per heavy atom. The Hall–Kier alpha value is -3.77. The molecule has 3 unspecified atom stereocenters. The molecule has 3 aromatic rings. The summed E-state index contributed by atoms with van der Waals surface area (Å²) in [6.07, 6.45) is -1.16. The molecule has 3 atom stereocenters. The molecule has 2 fully saturated rings. The lowest BCUT2D eigenvalue weighted by atomic mass is 9.88. The molecule has 0 spiro atoms. The normalized spacial score (nSPS) is 22.0. The maximum atomic E-state index is 13.6. The summed E-state index contributed by atoms with van der Waals surface area (Å²) < 4.78 is 57.9. The van der Waals surface area contributed by atoms with Crippen LogP contribution < -0.4 is 23.7 Å². The molecular weight excluding hydrogens is 536 g/mol. The fourth-order valence-corrected chi connectivity index (χ4v) is 5.61. The van der Waals surface area contributed by atoms with Crippen molar-refractivity contribution in [3.8, 4) is 39.9 Å². The maximum absolute atomic E-state index is 13.6. The molecule has 0 saturated carbocycles. The first-order valence-corrected chi connectivity index (χ1v) is 13.2. The van der Waals surface area contributed by atoms with Gasteiger partial charge in [-0.1, -0.05) is 6.07 Å². The van der Waals surface area contributed by atoms with E-state index in [-0.39, 0.29) is 25.1 Å². The molecule has 3 aromatic carbocycles. The minimum Gasteiger partial charge on any atom is -0.493 e. The molecule has 0 aliphatic carbocycles. The van der Waals surface area contributed by atoms with Crippen LogP contribution in [0.5, 0.6) is 28.7 Å². The third-order valence-corrected chi connectivity index (χ3v) is 7.30. The van der Waals surface area contributed by atoms with Crippen LogP contribution in [0.1, 0.15) is 36.2 Å². The van der Waals surface area contributed by atoms with Crippen molar-refractivity contribution in [2.75, 3.05) is 35.2 Å². The number of hydrogen-bond donors (Lipinski definition) is 0. The van der Waals surface area contributed by atoms with E-state index in [1.807, 2.05) is 38.1 Å². The maximum Gasteiger partial charge on any atom is 0.339 e. The van der Waals surface area contributed by atoms with Gasteiger partial charge in [0.05, 0.1) is 33.5 Å². The molecule has 0 amide bonds. The number of methoxy groups -OCH3 is 4. The molecule has 0 aromatic heterocycles. The van der Waals surface area contributed by atoms with E-state index in [9.17, 15) is 4.79 Å². The van der Waals surface area contributed by atoms with Crippen molar-refractivity contribution in [1.82, 2.24) is 0 Å². The lowest BCUT2D eigenvalue weighted by molar-refractivity contribution is -0.228. The van der Waals surface area contributed by atoms with Gasteiger partial charge in [-0.2, -0.15) is 0 Å². The van der Waals surface area contributed by atoms with Crippen molar-refractivity contribution in [1.29, 1.82) is 0 Å². The van der Waals surface area contributed by atoms with Crippen LogP contribution in [0, 0.1) is 0 Å². The summed E-state index contributed by atoms with van der Waals surface area (Å²) in [5.41, 5.74) is 2.04. The van der Waals surface area contributed by atoms with Crippen molar-refractivity contribution in [3.63, 3.8) is 0 Å². The third kappa shape index (κ3) is 4.78. The molecular formula is C30H32O11. The second-order valence-corrected chi connectivity index (χ2v) is 10.3. The Morgan fingerprint density at radius 3 is 2.37 bits per heavy atom. The van der Waals surface area contributed by atoms with Gasteiger partial charge < -0.3 is 47.4 Å². The summed E-state index contributed by atoms with van der Waals surface area (Å²) in [4.78, 5) is 13.6. The Kier molecular flexibility index (Phi) is 7.06. The largest absolute Gasteiger partial charge is 0.493 e. The lowest BCUT2D eigenvalue weighted by Crippen LogP contribution is -2.27. The topological polar surface area (TPSA) is 109 Å². The smallest absolute Gasteiger partial charge is 0.339 e. The van der Waals surface area contributed by atoms with E-state index in [0.717, 1.165) is 0 Å². The van der Waals surface area contributed by atoms with Gasteiger partial charge in [0.1, 0.15) is 11.9 Å². The molecule has 0 bridgehead atoms. The molecule has 0 radical (unpaired) electrons. The number of esters is 1. The van der Waals surface area contributed by atoms with Gasteiger partial charge in [0, 0.05) is 30.0 Å². The molecule has 3 heterocycles. The van der Waals surface area contributed by atoms with Gasteiger partial charge in [0.25, 0.3) is 0 Å². The minimum atomic E-state index is -0.748. The summed E-state index contributed by atoms with van der Waals surface area (Å²) in [6.45, 7) is 3.84. The van der Waals surface area contributed by atoms with Gasteiger partial charge in [-0.15, -0.1) is 0 Å². The first kappa shape index (κ1) is 27.4. The van der Waals surface area contributed by atoms with E-state index >= 15 is 0 Å². The number of benzene rings is 3. The third-order valence-electron chi connectivity index (χ3n) is 7.30. The van der Waals surface area contributed by atoms with Crippen molar-refractivity contribution in [3.05, 3.63) is 41.5 Å². The van der Waals surface area contributed by atoms with E-state index in [1.54, 1.807) is 27.4 Å². The zero-order valence-electron chi connectivity index (χ0n) is 23.7. The number of fused-ring (bicyclic) bond motifs is 3. The average Bonchev–Trinajstić information content (AvgIpc) is 3.64. The quantitative estimate of drug-likeness (QED) is 0.350. The highest BCUT2D eigenvalue weighted by molar-refractivity contribution is 6.13. The first-order valence-electron chi connectivity index (χ1n) is 13.2. The van der Waals surface area contributed by atoms with Gasteiger partial charge in [0.2, 0.25) is 13.1 Å². The van der Waals surface area contributed by atoms with Gasteiger partial charge in [0.15, 0.2) is 35.1 Å². The van der Waals surface area contributed by atoms with Crippen LogP contribution in [0.2, 0.25) is 0 Å². The highest BCUT2D eigenvalue weighted by atomic mass is 16.9. The van der Waals surface area contributed by atoms with E-state index in [4.69, 9.17) is 47.4 Å². The van der Waals surface area contributed by atoms with Gasteiger partial charge in [-0.25, -0.2) is 4.79 Å². The van der Waals surface area contributed by atoms with E-state index in [1.165, 1.54) is 7.11 Å². The number of carbonyl (C=O) groups is 1. The molecule has 41 heavy (non-hydrogen) atoms. The van der Waals surface area contributed by atoms with Gasteiger partial charge in [-0.3, -0.25) is 0 Å². The van der Waals surface area contributed by atoms with Crippen molar-refractivity contribution >= 4 is 16.7 Å². The molecule has 2 saturated heterocycles. The zero-order chi connectivity index (χ0) is 28.9. The van der Waals surface area contributed by atoms with Crippen LogP contribution in [-0.2, 0) is 30.3 Å². The van der Waals surface area contributed by atoms with Crippen LogP contribution >= 0.6 is 0 Å². The summed E-state index contributed by atoms with van der Waals surface area (Å²) in [6, 6.07) is 9.11. The van der Waals surface area contributed by atoms with Crippen LogP contribution in [-0.4, -0.2) is 65.7 Å². The average molecular weight is 569 g/mol. The standard InChI is InChI=1S/C30H32O11/c1-30(2)40-23-12-24(39-29(23)41-30)38-27-17-11-21(34-5)20(33-4)10-16(17)25(26(28(31)35-6)18(27)13-32-3)15-7-8-19-22(9-15)37-14-36-19/h7-11,23-24,29H,12-14H2,1-6H3. The predicted molar refractivity (Wildman–Crippen MR) is 145 cm³/mol. The fraction of sp³-hybridized carbons (Fsp3) is 0.433. The van der Waals surface area contributed by atoms with E-state index in [2.05, 4.69) is 0 Å². The summed E-state index contributed by atoms with van der Waals surface area (Å²) in [5, 5.41) is 1.31. The van der Waals surface area contributed by atoms with E-state index < -0.39 is 24.3 Å². The Balaban J connectivity index is 1.59. The van der Waals surface area contributed by atoms with Gasteiger partial charge >= 0.3 is 5.97 Å². The predicted octanol–water partition coefficient (Wildman–Crippen LogP) is 4.79. The number of carbonyl (C=O) groups excluding carboxylic acids is 1. The Bertz CT molecular complexity index is 1480. The number of ether oxygens (including phenoxy) is 10. The molecule has 3 aliphatic heterocycles. The summed E-state index contributed by atoms with van der Waals surface area (Å²) >= 11 is 0. The Labute approximate surface area is 237 Å². The number of hydrogen-bond acceptors (Lipinski definition) is 11. The lowest BCUT2D eigenvalue weighted by Gasteiger charge is -2.25. The Morgan fingerprint density at radius 1 is 0.951 bits per heavy atom. The fourth-order valence-electron chi connectivity index (χ4n) is 5.61. The van der Waals surface area contributed by atoms with E-state index in [0.29, 0.717) is 62.6 Å². The highest BCUT2D eigenvalue weighted by Crippen LogP contribution is 2.49. The summed E-state index contributed by atoms with van der Waals surface area (Å²) in [5.74, 6) is 1.20. The summed E-state index contributed by atoms with van der Waals surface area (Å²) in [7, 11) is 5.98. The molecule has 11 nitrogen and oxygen atoms in total. The van der Waals surface area contributed by atoms with Crippen LogP contribution in [0.3, 0.4) is 0 Å². The van der Waals surface area contributed by atoms with Crippen LogP contribution in [0.4, 0.5) is 0 Å². The van der Waals surface area contributed by atoms with Crippen molar-refractivity contribution < 1.29 is 52.2 Å². The molecule has 6 rings (SSSR count). The van der Waals surface area contributed by atoms with Crippen LogP contribution in [0.25, 0.3) is 21.9 Å². The molecule has 3 aliphatic rings. The molecule has 11 heteroatoms. The second-order valence-electron chi connectivity index (χ2n) is 10.3. The van der Waals surface area contributed by atoms with Crippen LogP contribution in [0.15, 0.2) is 30.3 Å². The zero-order valence-corrected chi connectivity index (χ0v) is 23.7. The van der Waals surface area contributed by atoms with Crippen molar-refractivity contribution in [2.45, 2.75) is 51.3 Å². The first-order chi connectivity index (χ1) is 19.8. The van der Waals surface area contributed by atoms with Gasteiger partial charge in [-0.05, 0) is 49.1 Å².